The topological polar surface area (TPSA) is 93.1 Å². The third kappa shape index (κ3) is 4.11. The predicted molar refractivity (Wildman–Crippen MR) is 74.6 cm³/mol. The first-order valence-electron chi connectivity index (χ1n) is 6.22. The number of benzene rings is 1. The fourth-order valence-electron chi connectivity index (χ4n) is 1.68. The fourth-order valence-corrected chi connectivity index (χ4v) is 1.68. The number of ether oxygens (including phenoxy) is 3. The van der Waals surface area contributed by atoms with E-state index in [0.29, 0.717) is 17.1 Å². The highest BCUT2D eigenvalue weighted by Crippen LogP contribution is 2.28. The molecule has 0 fully saturated rings. The van der Waals surface area contributed by atoms with Crippen molar-refractivity contribution in [2.75, 3.05) is 20.8 Å². The van der Waals surface area contributed by atoms with Crippen molar-refractivity contribution in [3.8, 4) is 11.5 Å². The molecule has 21 heavy (non-hydrogen) atoms. The maximum Gasteiger partial charge on any atom is 0.505 e. The molecule has 0 saturated carbocycles. The molecule has 0 amide bonds. The fraction of sp³-hybridized carbons (Fsp3) is 0.357. The molecule has 0 spiro atoms. The van der Waals surface area contributed by atoms with Gasteiger partial charge in [0.1, 0.15) is 0 Å². The van der Waals surface area contributed by atoms with E-state index in [1.807, 2.05) is 0 Å². The number of diazo groups is 1. The third-order valence-electron chi connectivity index (χ3n) is 2.66. The first-order chi connectivity index (χ1) is 10.1. The average molecular weight is 293 g/mol. The molecule has 1 aromatic carbocycles. The number of allylic oxidation sites excluding steroid dienone is 1. The zero-order valence-electron chi connectivity index (χ0n) is 12.1. The van der Waals surface area contributed by atoms with Crippen molar-refractivity contribution in [2.45, 2.75) is 13.3 Å². The molecule has 1 aromatic rings. The normalized spacial score (nSPS) is 11.1. The Morgan fingerprint density at radius 3 is 2.48 bits per heavy atom. The third-order valence-corrected chi connectivity index (χ3v) is 2.66. The van der Waals surface area contributed by atoms with Crippen LogP contribution in [-0.2, 0) is 16.0 Å². The maximum atomic E-state index is 11.5. The van der Waals surface area contributed by atoms with Gasteiger partial charge in [-0.15, -0.1) is 0 Å². The lowest BCUT2D eigenvalue weighted by Crippen LogP contribution is -2.09. The SMILES string of the molecule is CCOC(=O)/C([N+]#N)=C(\O)Cc1ccc(OC)c(OC)c1. The van der Waals surface area contributed by atoms with Crippen LogP contribution in [0.2, 0.25) is 0 Å². The lowest BCUT2D eigenvalue weighted by atomic mass is 10.1. The zero-order valence-corrected chi connectivity index (χ0v) is 12.1. The Bertz CT molecular complexity index is 590. The lowest BCUT2D eigenvalue weighted by Gasteiger charge is -2.08. The molecule has 0 aliphatic rings. The van der Waals surface area contributed by atoms with Crippen molar-refractivity contribution >= 4 is 5.97 Å². The molecule has 0 unspecified atom stereocenters. The molecule has 0 atom stereocenters. The lowest BCUT2D eigenvalue weighted by molar-refractivity contribution is -0.138. The van der Waals surface area contributed by atoms with Crippen LogP contribution in [0.5, 0.6) is 11.5 Å². The van der Waals surface area contributed by atoms with E-state index in [2.05, 4.69) is 9.71 Å². The Balaban J connectivity index is 3.03. The summed E-state index contributed by atoms with van der Waals surface area (Å²) in [6.07, 6.45) is -0.0153. The highest BCUT2D eigenvalue weighted by atomic mass is 16.5. The van der Waals surface area contributed by atoms with Gasteiger partial charge >= 0.3 is 11.7 Å². The number of esters is 1. The van der Waals surface area contributed by atoms with Gasteiger partial charge in [-0.2, -0.15) is 0 Å². The van der Waals surface area contributed by atoms with Crippen LogP contribution in [0.4, 0.5) is 0 Å². The van der Waals surface area contributed by atoms with Gasteiger partial charge in [0.05, 0.1) is 20.8 Å². The number of nitrogens with zero attached hydrogens (tertiary/aromatic N) is 2. The summed E-state index contributed by atoms with van der Waals surface area (Å²) >= 11 is 0. The number of rotatable bonds is 6. The largest absolute Gasteiger partial charge is 0.505 e. The molecule has 112 valence electrons. The summed E-state index contributed by atoms with van der Waals surface area (Å²) < 4.78 is 14.9. The van der Waals surface area contributed by atoms with Crippen molar-refractivity contribution < 1.29 is 24.1 Å². The van der Waals surface area contributed by atoms with E-state index in [0.717, 1.165) is 0 Å². The number of methoxy groups -OCH3 is 2. The van der Waals surface area contributed by atoms with Gasteiger partial charge in [-0.1, -0.05) is 6.07 Å². The highest BCUT2D eigenvalue weighted by Gasteiger charge is 2.30. The van der Waals surface area contributed by atoms with Gasteiger partial charge in [0, 0.05) is 6.42 Å². The van der Waals surface area contributed by atoms with Crippen molar-refractivity contribution in [3.05, 3.63) is 40.2 Å². The number of carbonyl (C=O) groups is 1. The second-order valence-electron chi connectivity index (χ2n) is 3.98. The van der Waals surface area contributed by atoms with Gasteiger partial charge in [-0.25, -0.2) is 4.79 Å². The van der Waals surface area contributed by atoms with E-state index in [-0.39, 0.29) is 13.0 Å². The summed E-state index contributed by atoms with van der Waals surface area (Å²) in [4.78, 5) is 14.3. The van der Waals surface area contributed by atoms with Crippen LogP contribution < -0.4 is 9.47 Å². The van der Waals surface area contributed by atoms with Crippen LogP contribution in [-0.4, -0.2) is 31.9 Å². The molecule has 0 aromatic heterocycles. The van der Waals surface area contributed by atoms with Crippen LogP contribution >= 0.6 is 0 Å². The standard InChI is InChI=1S/C14H16N2O5/c1-4-21-14(18)13(16-15)10(17)7-9-5-6-11(19-2)12(8-9)20-3/h5-6,8H,4,7H2,1-3H3/p+1. The quantitative estimate of drug-likeness (QED) is 0.375. The van der Waals surface area contributed by atoms with Gasteiger partial charge in [-0.3, -0.25) is 0 Å². The van der Waals surface area contributed by atoms with Crippen LogP contribution in [0.1, 0.15) is 12.5 Å². The van der Waals surface area contributed by atoms with Crippen molar-refractivity contribution in [3.63, 3.8) is 0 Å². The maximum absolute atomic E-state index is 11.5. The van der Waals surface area contributed by atoms with E-state index < -0.39 is 17.4 Å². The van der Waals surface area contributed by atoms with E-state index in [4.69, 9.17) is 14.9 Å². The van der Waals surface area contributed by atoms with E-state index in [1.54, 1.807) is 25.1 Å². The average Bonchev–Trinajstić information content (AvgIpc) is 2.48. The van der Waals surface area contributed by atoms with Crippen LogP contribution in [0, 0.1) is 5.39 Å². The molecule has 0 aliphatic heterocycles. The monoisotopic (exact) mass is 293 g/mol. The van der Waals surface area contributed by atoms with E-state index in [9.17, 15) is 9.90 Å². The highest BCUT2D eigenvalue weighted by molar-refractivity contribution is 5.90. The van der Waals surface area contributed by atoms with Gasteiger partial charge in [0.25, 0.3) is 0 Å². The molecule has 7 heteroatoms. The van der Waals surface area contributed by atoms with Gasteiger partial charge in [0.15, 0.2) is 16.5 Å². The minimum atomic E-state index is -0.891. The minimum absolute atomic E-state index is 0.0153. The molecule has 1 N–H and O–H groups in total. The Labute approximate surface area is 122 Å². The second-order valence-corrected chi connectivity index (χ2v) is 3.98. The molecule has 0 heterocycles. The van der Waals surface area contributed by atoms with E-state index >= 15 is 0 Å². The smallest absolute Gasteiger partial charge is 0.504 e. The van der Waals surface area contributed by atoms with Gasteiger partial charge in [0.2, 0.25) is 11.2 Å². The van der Waals surface area contributed by atoms with Crippen LogP contribution in [0.25, 0.3) is 4.98 Å². The Morgan fingerprint density at radius 1 is 1.29 bits per heavy atom. The zero-order chi connectivity index (χ0) is 15.8. The minimum Gasteiger partial charge on any atom is -0.504 e. The number of aliphatic hydroxyl groups is 1. The van der Waals surface area contributed by atoms with E-state index in [1.165, 1.54) is 14.2 Å². The summed E-state index contributed by atoms with van der Waals surface area (Å²) in [5.41, 5.74) is 0.127. The molecule has 7 nitrogen and oxygen atoms in total. The first kappa shape index (κ1) is 16.3. The number of hydrogen-bond donors (Lipinski definition) is 1. The second kappa shape index (κ2) is 7.75. The van der Waals surface area contributed by atoms with Gasteiger partial charge in [-0.05, 0) is 24.6 Å². The number of aliphatic hydroxyl groups excluding tert-OH is 1. The summed E-state index contributed by atoms with van der Waals surface area (Å²) in [5.74, 6) is -0.259. The Kier molecular flexibility index (Phi) is 6.01. The molecular formula is C14H17N2O5+. The van der Waals surface area contributed by atoms with Crippen molar-refractivity contribution in [1.29, 1.82) is 5.39 Å². The summed E-state index contributed by atoms with van der Waals surface area (Å²) in [6.45, 7) is 1.72. The van der Waals surface area contributed by atoms with Crippen molar-refractivity contribution in [2.24, 2.45) is 0 Å². The summed E-state index contributed by atoms with van der Waals surface area (Å²) in [6, 6.07) is 5.01. The van der Waals surface area contributed by atoms with Crippen molar-refractivity contribution in [1.82, 2.24) is 0 Å². The molecule has 0 saturated heterocycles. The van der Waals surface area contributed by atoms with Crippen LogP contribution in [0.3, 0.4) is 0 Å². The molecule has 0 radical (unpaired) electrons. The Morgan fingerprint density at radius 2 is 1.95 bits per heavy atom. The van der Waals surface area contributed by atoms with Crippen LogP contribution in [0.15, 0.2) is 29.7 Å². The van der Waals surface area contributed by atoms with Gasteiger partial charge < -0.3 is 19.3 Å². The number of carbonyl (C=O) groups excluding carboxylic acids is 1. The molecular weight excluding hydrogens is 276 g/mol. The molecule has 0 bridgehead atoms. The summed E-state index contributed by atoms with van der Waals surface area (Å²) in [5, 5.41) is 18.7. The predicted octanol–water partition coefficient (Wildman–Crippen LogP) is 2.43. The summed E-state index contributed by atoms with van der Waals surface area (Å²) in [7, 11) is 3.00. The number of hydrogen-bond acceptors (Lipinski definition) is 6. The molecule has 0 aliphatic carbocycles. The molecule has 1 rings (SSSR count). The Hall–Kier alpha value is -2.75. The first-order valence-corrected chi connectivity index (χ1v) is 6.22.